The molecule has 0 unspecified atom stereocenters. The lowest BCUT2D eigenvalue weighted by atomic mass is 10.3. The van der Waals surface area contributed by atoms with Gasteiger partial charge in [0.2, 0.25) is 17.8 Å². The maximum atomic E-state index is 4.38. The molecule has 0 aliphatic carbocycles. The van der Waals surface area contributed by atoms with Gasteiger partial charge in [0.15, 0.2) is 0 Å². The van der Waals surface area contributed by atoms with Crippen molar-refractivity contribution in [1.29, 1.82) is 0 Å². The number of rotatable bonds is 7. The van der Waals surface area contributed by atoms with Crippen molar-refractivity contribution in [2.45, 2.75) is 13.3 Å². The van der Waals surface area contributed by atoms with Crippen molar-refractivity contribution in [1.82, 2.24) is 24.7 Å². The van der Waals surface area contributed by atoms with Crippen LogP contribution in [-0.2, 0) is 13.5 Å². The number of hydrogen-bond acceptors (Lipinski definition) is 7. The standard InChI is InChI=1S/C13H22N8/c1-5-14-11-16-12(18-13(17-11)20(2)3)15-8-6-10-7-9-21(4)19-10/h7,9H,5-6,8H2,1-4H3,(H2,14,15,16,17,18). The molecule has 0 spiro atoms. The second-order valence-electron chi connectivity index (χ2n) is 4.86. The molecule has 0 atom stereocenters. The summed E-state index contributed by atoms with van der Waals surface area (Å²) in [6.45, 7) is 3.50. The normalized spacial score (nSPS) is 10.5. The van der Waals surface area contributed by atoms with Gasteiger partial charge in [-0.25, -0.2) is 0 Å². The molecule has 8 nitrogen and oxygen atoms in total. The lowest BCUT2D eigenvalue weighted by Crippen LogP contribution is -2.18. The van der Waals surface area contributed by atoms with E-state index in [2.05, 4.69) is 30.7 Å². The Hall–Kier alpha value is -2.38. The molecular formula is C13H22N8. The molecule has 2 aromatic rings. The minimum Gasteiger partial charge on any atom is -0.354 e. The average Bonchev–Trinajstić information content (AvgIpc) is 2.84. The largest absolute Gasteiger partial charge is 0.354 e. The molecule has 8 heteroatoms. The van der Waals surface area contributed by atoms with Gasteiger partial charge >= 0.3 is 0 Å². The first kappa shape index (κ1) is 15.0. The number of anilines is 3. The van der Waals surface area contributed by atoms with E-state index in [1.807, 2.05) is 45.2 Å². The molecule has 0 radical (unpaired) electrons. The van der Waals surface area contributed by atoms with Crippen LogP contribution in [-0.4, -0.2) is 51.9 Å². The zero-order chi connectivity index (χ0) is 15.2. The molecule has 0 aromatic carbocycles. The Balaban J connectivity index is 2.00. The molecule has 0 fully saturated rings. The van der Waals surface area contributed by atoms with E-state index in [0.29, 0.717) is 17.8 Å². The molecule has 0 saturated carbocycles. The summed E-state index contributed by atoms with van der Waals surface area (Å²) in [5.41, 5.74) is 1.04. The Morgan fingerprint density at radius 3 is 2.43 bits per heavy atom. The maximum absolute atomic E-state index is 4.38. The first-order valence-corrected chi connectivity index (χ1v) is 6.98. The first-order valence-electron chi connectivity index (χ1n) is 6.98. The summed E-state index contributed by atoms with van der Waals surface area (Å²) in [7, 11) is 5.72. The molecule has 2 aromatic heterocycles. The van der Waals surface area contributed by atoms with Gasteiger partial charge in [-0.3, -0.25) is 4.68 Å². The van der Waals surface area contributed by atoms with Gasteiger partial charge in [0.1, 0.15) is 0 Å². The molecule has 0 aliphatic heterocycles. The summed E-state index contributed by atoms with van der Waals surface area (Å²) < 4.78 is 1.80. The maximum Gasteiger partial charge on any atom is 0.231 e. The van der Waals surface area contributed by atoms with Gasteiger partial charge in [-0.15, -0.1) is 0 Å². The summed E-state index contributed by atoms with van der Waals surface area (Å²) in [5.74, 6) is 1.78. The van der Waals surface area contributed by atoms with Gasteiger partial charge in [0.25, 0.3) is 0 Å². The van der Waals surface area contributed by atoms with E-state index in [-0.39, 0.29) is 0 Å². The van der Waals surface area contributed by atoms with E-state index in [0.717, 1.165) is 25.2 Å². The van der Waals surface area contributed by atoms with Crippen molar-refractivity contribution in [3.63, 3.8) is 0 Å². The smallest absolute Gasteiger partial charge is 0.231 e. The van der Waals surface area contributed by atoms with E-state index in [1.54, 1.807) is 4.68 Å². The second-order valence-corrected chi connectivity index (χ2v) is 4.86. The van der Waals surface area contributed by atoms with E-state index in [4.69, 9.17) is 0 Å². The van der Waals surface area contributed by atoms with Crippen molar-refractivity contribution in [2.24, 2.45) is 7.05 Å². The zero-order valence-electron chi connectivity index (χ0n) is 13.0. The van der Waals surface area contributed by atoms with Gasteiger partial charge < -0.3 is 15.5 Å². The third kappa shape index (κ3) is 4.30. The third-order valence-corrected chi connectivity index (χ3v) is 2.79. The van der Waals surface area contributed by atoms with E-state index >= 15 is 0 Å². The predicted molar refractivity (Wildman–Crippen MR) is 83.7 cm³/mol. The fraction of sp³-hybridized carbons (Fsp3) is 0.538. The monoisotopic (exact) mass is 290 g/mol. The summed E-state index contributed by atoms with van der Waals surface area (Å²) in [6.07, 6.45) is 2.76. The van der Waals surface area contributed by atoms with Crippen LogP contribution < -0.4 is 15.5 Å². The van der Waals surface area contributed by atoms with E-state index in [1.165, 1.54) is 0 Å². The van der Waals surface area contributed by atoms with Crippen molar-refractivity contribution in [2.75, 3.05) is 42.7 Å². The lowest BCUT2D eigenvalue weighted by molar-refractivity contribution is 0.741. The van der Waals surface area contributed by atoms with Gasteiger partial charge in [-0.1, -0.05) is 0 Å². The Morgan fingerprint density at radius 1 is 1.14 bits per heavy atom. The van der Waals surface area contributed by atoms with Gasteiger partial charge in [0, 0.05) is 46.9 Å². The van der Waals surface area contributed by atoms with E-state index < -0.39 is 0 Å². The van der Waals surface area contributed by atoms with E-state index in [9.17, 15) is 0 Å². The van der Waals surface area contributed by atoms with Crippen molar-refractivity contribution >= 4 is 17.8 Å². The lowest BCUT2D eigenvalue weighted by Gasteiger charge is -2.13. The Labute approximate surface area is 124 Å². The predicted octanol–water partition coefficient (Wildman–Crippen LogP) is 0.757. The number of aromatic nitrogens is 5. The summed E-state index contributed by atoms with van der Waals surface area (Å²) in [6, 6.07) is 2.00. The van der Waals surface area contributed by atoms with Crippen LogP contribution in [0, 0.1) is 0 Å². The molecule has 0 amide bonds. The molecule has 0 bridgehead atoms. The number of nitrogens with one attached hydrogen (secondary N) is 2. The Morgan fingerprint density at radius 2 is 1.86 bits per heavy atom. The van der Waals surface area contributed by atoms with Gasteiger partial charge in [0.05, 0.1) is 5.69 Å². The van der Waals surface area contributed by atoms with Crippen LogP contribution in [0.25, 0.3) is 0 Å². The van der Waals surface area contributed by atoms with Crippen LogP contribution in [0.15, 0.2) is 12.3 Å². The van der Waals surface area contributed by atoms with Gasteiger partial charge in [-0.2, -0.15) is 20.1 Å². The zero-order valence-corrected chi connectivity index (χ0v) is 13.0. The topological polar surface area (TPSA) is 83.8 Å². The van der Waals surface area contributed by atoms with Crippen molar-refractivity contribution < 1.29 is 0 Å². The fourth-order valence-corrected chi connectivity index (χ4v) is 1.78. The van der Waals surface area contributed by atoms with Crippen LogP contribution in [0.3, 0.4) is 0 Å². The molecule has 21 heavy (non-hydrogen) atoms. The minimum atomic E-state index is 0.570. The second kappa shape index (κ2) is 6.87. The van der Waals surface area contributed by atoms with Crippen LogP contribution >= 0.6 is 0 Å². The van der Waals surface area contributed by atoms with Crippen LogP contribution in [0.2, 0.25) is 0 Å². The molecule has 0 saturated heterocycles. The molecule has 0 aliphatic rings. The third-order valence-electron chi connectivity index (χ3n) is 2.79. The molecule has 2 N–H and O–H groups in total. The highest BCUT2D eigenvalue weighted by Gasteiger charge is 2.07. The average molecular weight is 290 g/mol. The number of aryl methyl sites for hydroxylation is 1. The minimum absolute atomic E-state index is 0.570. The summed E-state index contributed by atoms with van der Waals surface area (Å²) >= 11 is 0. The highest BCUT2D eigenvalue weighted by Crippen LogP contribution is 2.11. The molecular weight excluding hydrogens is 268 g/mol. The molecule has 114 valence electrons. The highest BCUT2D eigenvalue weighted by atomic mass is 15.3. The molecule has 2 heterocycles. The highest BCUT2D eigenvalue weighted by molar-refractivity contribution is 5.42. The van der Waals surface area contributed by atoms with Crippen LogP contribution in [0.1, 0.15) is 12.6 Å². The fourth-order valence-electron chi connectivity index (χ4n) is 1.78. The van der Waals surface area contributed by atoms with Crippen molar-refractivity contribution in [3.8, 4) is 0 Å². The number of nitrogens with zero attached hydrogens (tertiary/aromatic N) is 6. The summed E-state index contributed by atoms with van der Waals surface area (Å²) in [4.78, 5) is 14.9. The first-order chi connectivity index (χ1) is 10.1. The SMILES string of the molecule is CCNc1nc(NCCc2ccn(C)n2)nc(N(C)C)n1. The number of hydrogen-bond donors (Lipinski definition) is 2. The van der Waals surface area contributed by atoms with Gasteiger partial charge in [-0.05, 0) is 13.0 Å². The molecule has 2 rings (SSSR count). The van der Waals surface area contributed by atoms with Crippen LogP contribution in [0.4, 0.5) is 17.8 Å². The Kier molecular flexibility index (Phi) is 4.91. The quantitative estimate of drug-likeness (QED) is 0.778. The van der Waals surface area contributed by atoms with Crippen molar-refractivity contribution in [3.05, 3.63) is 18.0 Å². The Bertz CT molecular complexity index is 577. The summed E-state index contributed by atoms with van der Waals surface area (Å²) in [5, 5.41) is 10.7. The van der Waals surface area contributed by atoms with Crippen LogP contribution in [0.5, 0.6) is 0 Å².